The molecule has 5 rings (SSSR count). The number of imidazole rings is 1. The minimum absolute atomic E-state index is 0.0129. The summed E-state index contributed by atoms with van der Waals surface area (Å²) in [7, 11) is -3.69. The molecule has 8 nitrogen and oxygen atoms in total. The monoisotopic (exact) mass is 566 g/mol. The van der Waals surface area contributed by atoms with Crippen molar-refractivity contribution in [2.45, 2.75) is 64.4 Å². The van der Waals surface area contributed by atoms with Gasteiger partial charge in [0.25, 0.3) is 0 Å². The fourth-order valence-electron chi connectivity index (χ4n) is 7.73. The van der Waals surface area contributed by atoms with Crippen LogP contribution in [0.4, 0.5) is 0 Å². The molecule has 1 aliphatic heterocycles. The Hall–Kier alpha value is -2.75. The van der Waals surface area contributed by atoms with Gasteiger partial charge in [-0.3, -0.25) is 4.79 Å². The molecule has 1 amide bonds. The Bertz CT molecular complexity index is 1410. The predicted octanol–water partition coefficient (Wildman–Crippen LogP) is 4.12. The molecule has 1 aromatic heterocycles. The van der Waals surface area contributed by atoms with Crippen molar-refractivity contribution in [1.29, 1.82) is 0 Å². The van der Waals surface area contributed by atoms with E-state index in [4.69, 9.17) is 0 Å². The van der Waals surface area contributed by atoms with E-state index >= 15 is 0 Å². The quantitative estimate of drug-likeness (QED) is 0.416. The molecule has 0 radical (unpaired) electrons. The van der Waals surface area contributed by atoms with Gasteiger partial charge >= 0.3 is 0 Å². The smallest absolute Gasteiger partial charge is 0.244 e. The van der Waals surface area contributed by atoms with Crippen molar-refractivity contribution in [1.82, 2.24) is 19.6 Å². The number of piperidine rings is 1. The molecule has 40 heavy (non-hydrogen) atoms. The number of hydrogen-bond donors (Lipinski definition) is 3. The van der Waals surface area contributed by atoms with Crippen LogP contribution in [-0.2, 0) is 20.2 Å². The minimum atomic E-state index is -3.69. The van der Waals surface area contributed by atoms with E-state index in [-0.39, 0.29) is 29.5 Å². The molecule has 1 saturated carbocycles. The lowest BCUT2D eigenvalue weighted by molar-refractivity contribution is -0.121. The number of aromatic amines is 1. The van der Waals surface area contributed by atoms with E-state index in [1.54, 1.807) is 16.6 Å². The molecule has 216 valence electrons. The number of nitrogens with one attached hydrogen (secondary N) is 2. The van der Waals surface area contributed by atoms with Crippen LogP contribution in [-0.4, -0.2) is 64.7 Å². The van der Waals surface area contributed by atoms with Crippen LogP contribution in [0.5, 0.6) is 0 Å². The third kappa shape index (κ3) is 4.65. The molecular formula is C31H42N4O4S. The van der Waals surface area contributed by atoms with Crippen LogP contribution in [0, 0.1) is 16.7 Å². The SMILES string of the molecule is CCC1(CS(=O)(=O)N2CCC3(C=Cc4ccccc43)CC2)C(O)(CNC(=O)/C=C/c2cnc[nH]2)CC(C)C1(C)C. The summed E-state index contributed by atoms with van der Waals surface area (Å²) >= 11 is 0. The number of aliphatic hydroxyl groups is 1. The van der Waals surface area contributed by atoms with Crippen LogP contribution in [0.3, 0.4) is 0 Å². The maximum Gasteiger partial charge on any atom is 0.244 e. The topological polar surface area (TPSA) is 115 Å². The van der Waals surface area contributed by atoms with Crippen molar-refractivity contribution in [3.8, 4) is 0 Å². The lowest BCUT2D eigenvalue weighted by Crippen LogP contribution is -2.60. The number of amides is 1. The molecule has 9 heteroatoms. The number of hydrogen-bond acceptors (Lipinski definition) is 5. The van der Waals surface area contributed by atoms with Gasteiger partial charge in [-0.05, 0) is 54.2 Å². The van der Waals surface area contributed by atoms with Gasteiger partial charge in [-0.25, -0.2) is 17.7 Å². The van der Waals surface area contributed by atoms with Crippen LogP contribution in [0.2, 0.25) is 0 Å². The van der Waals surface area contributed by atoms with Crippen LogP contribution >= 0.6 is 0 Å². The van der Waals surface area contributed by atoms with Crippen molar-refractivity contribution in [2.24, 2.45) is 16.7 Å². The van der Waals surface area contributed by atoms with Gasteiger partial charge in [0.05, 0.1) is 29.6 Å². The molecule has 0 bridgehead atoms. The first-order valence-corrected chi connectivity index (χ1v) is 15.9. The van der Waals surface area contributed by atoms with Crippen molar-refractivity contribution in [3.63, 3.8) is 0 Å². The van der Waals surface area contributed by atoms with E-state index in [9.17, 15) is 18.3 Å². The van der Waals surface area contributed by atoms with E-state index in [1.165, 1.54) is 23.5 Å². The fourth-order valence-corrected chi connectivity index (χ4v) is 10.1. The molecule has 3 aliphatic rings. The number of benzene rings is 1. The van der Waals surface area contributed by atoms with Crippen molar-refractivity contribution in [2.75, 3.05) is 25.4 Å². The Morgan fingerprint density at radius 1 is 1.25 bits per heavy atom. The van der Waals surface area contributed by atoms with Crippen molar-refractivity contribution < 1.29 is 18.3 Å². The molecule has 2 fully saturated rings. The Balaban J connectivity index is 1.34. The fraction of sp³-hybridized carbons (Fsp3) is 0.548. The normalized spacial score (nSPS) is 29.3. The van der Waals surface area contributed by atoms with Crippen molar-refractivity contribution >= 4 is 28.1 Å². The average molecular weight is 567 g/mol. The highest BCUT2D eigenvalue weighted by atomic mass is 32.2. The largest absolute Gasteiger partial charge is 0.387 e. The molecule has 2 aromatic rings. The molecule has 3 atom stereocenters. The summed E-state index contributed by atoms with van der Waals surface area (Å²) < 4.78 is 29.8. The highest BCUT2D eigenvalue weighted by Gasteiger charge is 2.67. The summed E-state index contributed by atoms with van der Waals surface area (Å²) in [6.07, 6.45) is 12.9. The van der Waals surface area contributed by atoms with E-state index < -0.39 is 26.5 Å². The third-order valence-electron chi connectivity index (χ3n) is 10.6. The van der Waals surface area contributed by atoms with Crippen LogP contribution in [0.1, 0.15) is 70.2 Å². The van der Waals surface area contributed by atoms with Crippen molar-refractivity contribution in [3.05, 3.63) is 65.8 Å². The number of allylic oxidation sites excluding steroid dienone is 1. The van der Waals surface area contributed by atoms with Gasteiger partial charge in [-0.15, -0.1) is 0 Å². The number of nitrogens with zero attached hydrogens (tertiary/aromatic N) is 2. The summed E-state index contributed by atoms with van der Waals surface area (Å²) in [6, 6.07) is 8.37. The number of H-pyrrole nitrogens is 1. The number of rotatable bonds is 8. The summed E-state index contributed by atoms with van der Waals surface area (Å²) in [5.74, 6) is -0.432. The van der Waals surface area contributed by atoms with Gasteiger partial charge in [0.1, 0.15) is 0 Å². The number of fused-ring (bicyclic) bond motifs is 2. The van der Waals surface area contributed by atoms with Crippen LogP contribution in [0.25, 0.3) is 12.2 Å². The number of sulfonamides is 1. The second-order valence-electron chi connectivity index (χ2n) is 12.6. The molecule has 3 unspecified atom stereocenters. The van der Waals surface area contributed by atoms with Gasteiger partial charge in [-0.1, -0.05) is 64.1 Å². The summed E-state index contributed by atoms with van der Waals surface area (Å²) in [5.41, 5.74) is 0.308. The molecule has 1 aromatic carbocycles. The number of carbonyl (C=O) groups excluding carboxylic acids is 1. The first-order chi connectivity index (χ1) is 18.9. The van der Waals surface area contributed by atoms with E-state index in [2.05, 4.69) is 66.4 Å². The van der Waals surface area contributed by atoms with Crippen LogP contribution in [0.15, 0.2) is 48.9 Å². The van der Waals surface area contributed by atoms with E-state index in [1.807, 2.05) is 13.0 Å². The molecule has 1 saturated heterocycles. The average Bonchev–Trinajstić information content (AvgIpc) is 3.61. The van der Waals surface area contributed by atoms with Gasteiger partial charge in [-0.2, -0.15) is 0 Å². The summed E-state index contributed by atoms with van der Waals surface area (Å²) in [4.78, 5) is 19.5. The number of carbonyl (C=O) groups is 1. The molecule has 1 spiro atoms. The lowest BCUT2D eigenvalue weighted by Gasteiger charge is -2.51. The lowest BCUT2D eigenvalue weighted by atomic mass is 9.60. The Labute approximate surface area is 238 Å². The Kier molecular flexibility index (Phi) is 7.38. The summed E-state index contributed by atoms with van der Waals surface area (Å²) in [6.45, 7) is 9.06. The second kappa shape index (κ2) is 10.3. The Morgan fingerprint density at radius 3 is 2.65 bits per heavy atom. The molecule has 2 aliphatic carbocycles. The zero-order valence-corrected chi connectivity index (χ0v) is 24.8. The predicted molar refractivity (Wildman–Crippen MR) is 158 cm³/mol. The highest BCUT2D eigenvalue weighted by Crippen LogP contribution is 2.63. The molecule has 2 heterocycles. The zero-order chi connectivity index (χ0) is 28.8. The standard InChI is InChI=1S/C31H42N4O4S/c1-5-30(21-40(38,39)35-16-14-29(15-17-35)13-12-24-8-6-7-9-26(24)29)28(3,4)23(2)18-31(30,37)20-33-27(36)11-10-25-19-32-22-34-25/h6-13,19,22-23,37H,5,14-18,20-21H2,1-4H3,(H,32,34)(H,33,36)/b11-10+. The van der Waals surface area contributed by atoms with Gasteiger partial charge < -0.3 is 15.4 Å². The molecule has 3 N–H and O–H groups in total. The van der Waals surface area contributed by atoms with Gasteiger partial charge in [0.15, 0.2) is 0 Å². The number of aromatic nitrogens is 2. The third-order valence-corrected chi connectivity index (χ3v) is 12.6. The van der Waals surface area contributed by atoms with Gasteiger partial charge in [0.2, 0.25) is 15.9 Å². The highest BCUT2D eigenvalue weighted by molar-refractivity contribution is 7.89. The van der Waals surface area contributed by atoms with Gasteiger partial charge in [0, 0.05) is 36.5 Å². The van der Waals surface area contributed by atoms with Crippen LogP contribution < -0.4 is 5.32 Å². The Morgan fingerprint density at radius 2 is 1.98 bits per heavy atom. The van der Waals surface area contributed by atoms with E-state index in [0.717, 1.165) is 12.8 Å². The first kappa shape index (κ1) is 28.8. The summed E-state index contributed by atoms with van der Waals surface area (Å²) in [5, 5.41) is 15.1. The zero-order valence-electron chi connectivity index (χ0n) is 24.0. The maximum absolute atomic E-state index is 14.1. The second-order valence-corrected chi connectivity index (χ2v) is 14.6. The molecular weight excluding hydrogens is 524 g/mol. The minimum Gasteiger partial charge on any atom is -0.387 e. The van der Waals surface area contributed by atoms with E-state index in [0.29, 0.717) is 31.6 Å². The first-order valence-electron chi connectivity index (χ1n) is 14.3. The maximum atomic E-state index is 14.1.